The zero-order valence-electron chi connectivity index (χ0n) is 35.9. The lowest BCUT2D eigenvalue weighted by atomic mass is 10.2. The summed E-state index contributed by atoms with van der Waals surface area (Å²) in [7, 11) is 0. The van der Waals surface area contributed by atoms with E-state index in [2.05, 4.69) is 98.6 Å². The molecule has 65 heavy (non-hydrogen) atoms. The number of aromatic nitrogens is 14. The molecule has 8 rings (SSSR count). The monoisotopic (exact) mass is 1010 g/mol. The molecule has 0 atom stereocenters. The number of carbonyl (C=O) groups is 1. The van der Waals surface area contributed by atoms with Crippen molar-refractivity contribution >= 4 is 83.6 Å². The van der Waals surface area contributed by atoms with Crippen molar-refractivity contribution < 1.29 is 19.0 Å². The molecule has 0 bridgehead atoms. The molecule has 340 valence electrons. The van der Waals surface area contributed by atoms with Gasteiger partial charge in [-0.2, -0.15) is 29.5 Å². The molecule has 0 saturated carbocycles. The van der Waals surface area contributed by atoms with E-state index in [9.17, 15) is 4.79 Å². The summed E-state index contributed by atoms with van der Waals surface area (Å²) in [6.07, 6.45) is 11.6. The van der Waals surface area contributed by atoms with E-state index in [0.717, 1.165) is 57.9 Å². The van der Waals surface area contributed by atoms with E-state index in [4.69, 9.17) is 19.9 Å². The van der Waals surface area contributed by atoms with Gasteiger partial charge in [0, 0.05) is 42.7 Å². The third kappa shape index (κ3) is 13.1. The molecule has 1 amide bonds. The first-order valence-corrected chi connectivity index (χ1v) is 22.8. The number of hydrogen-bond acceptors (Lipinski definition) is 17. The van der Waals surface area contributed by atoms with Crippen LogP contribution in [0.15, 0.2) is 85.7 Å². The van der Waals surface area contributed by atoms with Crippen LogP contribution in [0.5, 0.6) is 11.5 Å². The molecule has 24 heteroatoms. The number of halogens is 2. The van der Waals surface area contributed by atoms with Crippen LogP contribution in [0.4, 0.5) is 28.1 Å². The Bertz CT molecular complexity index is 2750. The highest BCUT2D eigenvalue weighted by Crippen LogP contribution is 2.22. The van der Waals surface area contributed by atoms with Crippen LogP contribution in [-0.2, 0) is 17.8 Å². The quantitative estimate of drug-likeness (QED) is 0.0526. The van der Waals surface area contributed by atoms with Gasteiger partial charge >= 0.3 is 6.09 Å². The molecule has 0 aliphatic heterocycles. The summed E-state index contributed by atoms with van der Waals surface area (Å²) < 4.78 is 23.3. The van der Waals surface area contributed by atoms with E-state index in [1.54, 1.807) is 38.8 Å². The fourth-order valence-electron chi connectivity index (χ4n) is 5.96. The third-order valence-corrected chi connectivity index (χ3v) is 9.49. The maximum atomic E-state index is 11.7. The van der Waals surface area contributed by atoms with Gasteiger partial charge in [0.25, 0.3) is 0 Å². The lowest BCUT2D eigenvalue weighted by molar-refractivity contribution is 0.0526. The molecular weight excluding hydrogens is 968 g/mol. The van der Waals surface area contributed by atoms with Crippen LogP contribution in [0.25, 0.3) is 33.7 Å². The van der Waals surface area contributed by atoms with Crippen LogP contribution < -0.4 is 31.2 Å². The van der Waals surface area contributed by atoms with Crippen molar-refractivity contribution in [2.45, 2.75) is 52.3 Å². The Balaban J connectivity index is 0.000000198. The molecule has 0 aliphatic rings. The second kappa shape index (κ2) is 22.2. The molecule has 6 heterocycles. The third-order valence-electron chi connectivity index (χ3n) is 8.84. The minimum atomic E-state index is -0.516. The van der Waals surface area contributed by atoms with Gasteiger partial charge in [-0.3, -0.25) is 9.36 Å². The van der Waals surface area contributed by atoms with E-state index in [0.29, 0.717) is 73.5 Å². The van der Waals surface area contributed by atoms with E-state index in [1.807, 2.05) is 86.4 Å². The van der Waals surface area contributed by atoms with Crippen LogP contribution in [-0.4, -0.2) is 118 Å². The van der Waals surface area contributed by atoms with Crippen molar-refractivity contribution in [1.82, 2.24) is 74.8 Å². The summed E-state index contributed by atoms with van der Waals surface area (Å²) in [5.74, 6) is 2.41. The van der Waals surface area contributed by atoms with Crippen LogP contribution in [0.1, 0.15) is 33.6 Å². The number of hydrogen-bond donors (Lipinski definition) is 4. The topological polar surface area (TPSA) is 255 Å². The van der Waals surface area contributed by atoms with Crippen LogP contribution in [0.3, 0.4) is 0 Å². The zero-order valence-corrected chi connectivity index (χ0v) is 39.1. The van der Waals surface area contributed by atoms with Crippen LogP contribution >= 0.6 is 31.9 Å². The summed E-state index contributed by atoms with van der Waals surface area (Å²) >= 11 is 6.69. The Hall–Kier alpha value is -6.79. The summed E-state index contributed by atoms with van der Waals surface area (Å²) in [5.41, 5.74) is 10.6. The number of benzene rings is 2. The molecular formula is C41H48Br2N18O4. The molecule has 2 aromatic carbocycles. The van der Waals surface area contributed by atoms with E-state index in [-0.39, 0.29) is 0 Å². The number of fused-ring (bicyclic) bond motifs is 2. The fourth-order valence-corrected chi connectivity index (χ4v) is 6.29. The number of alkyl carbamates (subject to hydrolysis) is 1. The second-order valence-electron chi connectivity index (χ2n) is 15.0. The fraction of sp³-hybridized carbons (Fsp3) is 0.341. The van der Waals surface area contributed by atoms with Crippen LogP contribution in [0.2, 0.25) is 0 Å². The molecule has 8 aromatic rings. The van der Waals surface area contributed by atoms with Gasteiger partial charge in [-0.25, -0.2) is 14.8 Å². The van der Waals surface area contributed by atoms with Gasteiger partial charge in [0.15, 0.2) is 22.3 Å². The summed E-state index contributed by atoms with van der Waals surface area (Å²) in [4.78, 5) is 29.5. The number of ether oxygens (including phenoxy) is 3. The minimum absolute atomic E-state index is 0.398. The number of alkyl halides is 2. The molecule has 0 fully saturated rings. The molecule has 0 unspecified atom stereocenters. The van der Waals surface area contributed by atoms with Gasteiger partial charge in [-0.05, 0) is 88.7 Å². The maximum absolute atomic E-state index is 11.7. The molecule has 0 saturated heterocycles. The number of aryl methyl sites for hydroxylation is 2. The zero-order chi connectivity index (χ0) is 45.6. The van der Waals surface area contributed by atoms with Crippen molar-refractivity contribution in [3.63, 3.8) is 0 Å². The minimum Gasteiger partial charge on any atom is -0.493 e. The number of anilines is 4. The average Bonchev–Trinajstić information content (AvgIpc) is 4.13. The van der Waals surface area contributed by atoms with Crippen molar-refractivity contribution in [3.05, 3.63) is 85.7 Å². The lowest BCUT2D eigenvalue weighted by Crippen LogP contribution is -2.33. The standard InChI is InChI=1S/C23H28BrN9O3.C18H20BrN9O/c1-23(2,3)36-22(34)25-10-4-11-32-15-16(13-27-32)28-21-26-14-19-20(29-21)33(31-30-19)17-5-7-18(8-6-17)35-12-9-24;19-6-9-29-15-4-2-14(3-5-15)28-17-16(25-26-28)11-21-18(24-17)23-13-10-22-27(12-13)8-1-7-20/h5-8,13-15H,4,9-12H2,1-3H3,(H,25,34)(H,26,28,29);2-5,10-12H,1,6-9,20H2,(H,21,23,24). The predicted octanol–water partition coefficient (Wildman–Crippen LogP) is 6.11. The van der Waals surface area contributed by atoms with Crippen molar-refractivity contribution in [2.75, 3.05) is 47.6 Å². The Kier molecular flexibility index (Phi) is 15.8. The molecule has 6 aromatic heterocycles. The van der Waals surface area contributed by atoms with E-state index >= 15 is 0 Å². The highest BCUT2D eigenvalue weighted by atomic mass is 79.9. The first kappa shape index (κ1) is 46.2. The molecule has 0 spiro atoms. The van der Waals surface area contributed by atoms with Gasteiger partial charge in [0.1, 0.15) is 17.1 Å². The van der Waals surface area contributed by atoms with E-state index < -0.39 is 11.7 Å². The number of carbonyl (C=O) groups excluding carboxylic acids is 1. The SMILES string of the molecule is CC(C)(C)OC(=O)NCCCn1cc(Nc2ncc3nnn(-c4ccc(OCCBr)cc4)c3n2)cn1.NCCCn1cc(Nc2ncc3nnn(-c4ccc(OCCBr)cc4)c3n2)cn1. The van der Waals surface area contributed by atoms with Gasteiger partial charge in [0.2, 0.25) is 11.9 Å². The second-order valence-corrected chi connectivity index (χ2v) is 16.6. The number of rotatable bonds is 19. The first-order chi connectivity index (χ1) is 31.6. The maximum Gasteiger partial charge on any atom is 0.407 e. The van der Waals surface area contributed by atoms with Gasteiger partial charge < -0.3 is 35.9 Å². The van der Waals surface area contributed by atoms with Crippen LogP contribution in [0, 0.1) is 0 Å². The normalized spacial score (nSPS) is 11.3. The highest BCUT2D eigenvalue weighted by Gasteiger charge is 2.16. The molecule has 22 nitrogen and oxygen atoms in total. The number of nitrogens with zero attached hydrogens (tertiary/aromatic N) is 14. The number of nitrogens with two attached hydrogens (primary N) is 1. The summed E-state index contributed by atoms with van der Waals surface area (Å²) in [6.45, 7) is 9.20. The first-order valence-electron chi connectivity index (χ1n) is 20.6. The Labute approximate surface area is 389 Å². The Morgan fingerprint density at radius 2 is 1.17 bits per heavy atom. The molecule has 0 radical (unpaired) electrons. The van der Waals surface area contributed by atoms with Crippen molar-refractivity contribution in [2.24, 2.45) is 5.73 Å². The number of nitrogens with one attached hydrogen (secondary N) is 3. The lowest BCUT2D eigenvalue weighted by Gasteiger charge is -2.19. The smallest absolute Gasteiger partial charge is 0.407 e. The highest BCUT2D eigenvalue weighted by molar-refractivity contribution is 9.09. The van der Waals surface area contributed by atoms with Crippen molar-refractivity contribution in [1.29, 1.82) is 0 Å². The number of amides is 1. The molecule has 0 aliphatic carbocycles. The Morgan fingerprint density at radius 3 is 1.62 bits per heavy atom. The molecule has 5 N–H and O–H groups in total. The van der Waals surface area contributed by atoms with Gasteiger partial charge in [0.05, 0.1) is 60.8 Å². The van der Waals surface area contributed by atoms with Crippen molar-refractivity contribution in [3.8, 4) is 22.9 Å². The van der Waals surface area contributed by atoms with Gasteiger partial charge in [-0.15, -0.1) is 10.2 Å². The van der Waals surface area contributed by atoms with Gasteiger partial charge in [-0.1, -0.05) is 42.3 Å². The average molecular weight is 1020 g/mol. The largest absolute Gasteiger partial charge is 0.493 e. The van der Waals surface area contributed by atoms with E-state index in [1.165, 1.54) is 0 Å². The summed E-state index contributed by atoms with van der Waals surface area (Å²) in [5, 5.41) is 36.0. The summed E-state index contributed by atoms with van der Waals surface area (Å²) in [6, 6.07) is 15.2. The predicted molar refractivity (Wildman–Crippen MR) is 251 cm³/mol. The Morgan fingerprint density at radius 1 is 0.692 bits per heavy atom.